The lowest BCUT2D eigenvalue weighted by Gasteiger charge is -2.16. The van der Waals surface area contributed by atoms with Crippen molar-refractivity contribution in [2.75, 3.05) is 20.2 Å². The van der Waals surface area contributed by atoms with Gasteiger partial charge in [-0.3, -0.25) is 9.78 Å². The topological polar surface area (TPSA) is 55.3 Å². The van der Waals surface area contributed by atoms with E-state index in [9.17, 15) is 4.79 Å². The Morgan fingerprint density at radius 2 is 1.97 bits per heavy atom. The minimum absolute atomic E-state index is 0.0446. The first-order valence-electron chi connectivity index (χ1n) is 10.3. The van der Waals surface area contributed by atoms with E-state index in [1.165, 1.54) is 11.1 Å². The summed E-state index contributed by atoms with van der Waals surface area (Å²) in [6, 6.07) is 18.1. The van der Waals surface area contributed by atoms with Gasteiger partial charge in [-0.1, -0.05) is 36.4 Å². The highest BCUT2D eigenvalue weighted by atomic mass is 16.5. The number of hydrogen-bond donors (Lipinski definition) is 0. The van der Waals surface area contributed by atoms with Crippen molar-refractivity contribution in [2.45, 2.75) is 18.9 Å². The lowest BCUT2D eigenvalue weighted by atomic mass is 10.1. The van der Waals surface area contributed by atoms with Gasteiger partial charge in [-0.2, -0.15) is 0 Å². The quantitative estimate of drug-likeness (QED) is 0.665. The van der Waals surface area contributed by atoms with E-state index in [2.05, 4.69) is 46.4 Å². The SMILES string of the molecule is COC1CCN(C(=O)c2cccc(-c3cnc4c(c3)C=C(c3ccccc3)C4)n2)C1. The molecule has 1 saturated heterocycles. The number of ether oxygens (including phenoxy) is 1. The Hall–Kier alpha value is -3.31. The number of nitrogens with zero attached hydrogens (tertiary/aromatic N) is 3. The second-order valence-corrected chi connectivity index (χ2v) is 7.78. The molecule has 5 rings (SSSR count). The summed E-state index contributed by atoms with van der Waals surface area (Å²) in [5.41, 5.74) is 6.84. The Bertz CT molecular complexity index is 1120. The number of methoxy groups -OCH3 is 1. The van der Waals surface area contributed by atoms with Gasteiger partial charge in [0, 0.05) is 38.4 Å². The lowest BCUT2D eigenvalue weighted by Crippen LogP contribution is -2.30. The van der Waals surface area contributed by atoms with Crippen molar-refractivity contribution < 1.29 is 9.53 Å². The number of allylic oxidation sites excluding steroid dienone is 1. The molecular weight excluding hydrogens is 374 g/mol. The van der Waals surface area contributed by atoms with Gasteiger partial charge in [0.1, 0.15) is 5.69 Å². The minimum atomic E-state index is -0.0446. The molecular formula is C25H23N3O2. The van der Waals surface area contributed by atoms with Crippen LogP contribution in [0.4, 0.5) is 0 Å². The molecule has 0 saturated carbocycles. The highest BCUT2D eigenvalue weighted by Crippen LogP contribution is 2.32. The summed E-state index contributed by atoms with van der Waals surface area (Å²) in [6.45, 7) is 1.32. The zero-order valence-electron chi connectivity index (χ0n) is 16.9. The van der Waals surface area contributed by atoms with E-state index >= 15 is 0 Å². The summed E-state index contributed by atoms with van der Waals surface area (Å²) in [5, 5.41) is 0. The molecule has 1 atom stereocenters. The van der Waals surface area contributed by atoms with Crippen LogP contribution in [0.3, 0.4) is 0 Å². The smallest absolute Gasteiger partial charge is 0.272 e. The second-order valence-electron chi connectivity index (χ2n) is 7.78. The van der Waals surface area contributed by atoms with Crippen LogP contribution in [0.1, 0.15) is 33.7 Å². The van der Waals surface area contributed by atoms with Crippen LogP contribution in [-0.2, 0) is 11.2 Å². The van der Waals surface area contributed by atoms with Gasteiger partial charge in [0.2, 0.25) is 0 Å². The first-order chi connectivity index (χ1) is 14.7. The van der Waals surface area contributed by atoms with E-state index in [0.717, 1.165) is 35.4 Å². The van der Waals surface area contributed by atoms with Gasteiger partial charge < -0.3 is 9.64 Å². The van der Waals surface area contributed by atoms with E-state index in [4.69, 9.17) is 4.74 Å². The van der Waals surface area contributed by atoms with Gasteiger partial charge in [-0.05, 0) is 47.4 Å². The maximum Gasteiger partial charge on any atom is 0.272 e. The van der Waals surface area contributed by atoms with Gasteiger partial charge in [-0.25, -0.2) is 4.98 Å². The fraction of sp³-hybridized carbons (Fsp3) is 0.240. The van der Waals surface area contributed by atoms with Crippen LogP contribution in [0.15, 0.2) is 60.8 Å². The largest absolute Gasteiger partial charge is 0.380 e. The van der Waals surface area contributed by atoms with Crippen molar-refractivity contribution in [1.29, 1.82) is 0 Å². The molecule has 1 unspecified atom stereocenters. The van der Waals surface area contributed by atoms with E-state index < -0.39 is 0 Å². The summed E-state index contributed by atoms with van der Waals surface area (Å²) in [7, 11) is 1.69. The number of fused-ring (bicyclic) bond motifs is 1. The molecule has 5 nitrogen and oxygen atoms in total. The third-order valence-electron chi connectivity index (χ3n) is 5.87. The van der Waals surface area contributed by atoms with Crippen molar-refractivity contribution >= 4 is 17.6 Å². The standard InChI is InChI=1S/C25H23N3O2/c1-30-21-10-11-28(16-21)25(29)23-9-5-8-22(27-23)20-13-19-12-18(14-24(19)26-15-20)17-6-3-2-4-7-17/h2-9,12-13,15,21H,10-11,14,16H2,1H3. The van der Waals surface area contributed by atoms with Crippen LogP contribution in [0.2, 0.25) is 0 Å². The number of aromatic nitrogens is 2. The van der Waals surface area contributed by atoms with Crippen molar-refractivity contribution in [3.63, 3.8) is 0 Å². The Balaban J connectivity index is 1.40. The molecule has 5 heteroatoms. The highest BCUT2D eigenvalue weighted by molar-refractivity contribution is 5.93. The van der Waals surface area contributed by atoms with Crippen LogP contribution in [0, 0.1) is 0 Å². The summed E-state index contributed by atoms with van der Waals surface area (Å²) in [5.74, 6) is -0.0446. The van der Waals surface area contributed by atoms with Crippen molar-refractivity contribution in [2.24, 2.45) is 0 Å². The minimum Gasteiger partial charge on any atom is -0.380 e. The maximum absolute atomic E-state index is 12.9. The summed E-state index contributed by atoms with van der Waals surface area (Å²) < 4.78 is 5.38. The highest BCUT2D eigenvalue weighted by Gasteiger charge is 2.27. The maximum atomic E-state index is 12.9. The number of pyridine rings is 2. The van der Waals surface area contributed by atoms with Gasteiger partial charge in [0.15, 0.2) is 0 Å². The Labute approximate surface area is 176 Å². The number of rotatable bonds is 4. The fourth-order valence-electron chi connectivity index (χ4n) is 4.16. The molecule has 1 aromatic carbocycles. The average molecular weight is 397 g/mol. The van der Waals surface area contributed by atoms with Crippen LogP contribution < -0.4 is 0 Å². The molecule has 2 aliphatic rings. The van der Waals surface area contributed by atoms with Gasteiger partial charge in [0.25, 0.3) is 5.91 Å². The van der Waals surface area contributed by atoms with Crippen molar-refractivity contribution in [3.8, 4) is 11.3 Å². The van der Waals surface area contributed by atoms with Crippen LogP contribution in [0.5, 0.6) is 0 Å². The molecule has 1 fully saturated rings. The third kappa shape index (κ3) is 3.53. The molecule has 3 aromatic rings. The van der Waals surface area contributed by atoms with Gasteiger partial charge in [-0.15, -0.1) is 0 Å². The molecule has 1 aliphatic heterocycles. The number of likely N-dealkylation sites (tertiary alicyclic amines) is 1. The summed E-state index contributed by atoms with van der Waals surface area (Å²) in [6.07, 6.45) is 5.87. The van der Waals surface area contributed by atoms with E-state index in [-0.39, 0.29) is 12.0 Å². The molecule has 0 spiro atoms. The molecule has 150 valence electrons. The van der Waals surface area contributed by atoms with E-state index in [1.54, 1.807) is 13.2 Å². The average Bonchev–Trinajstić information content (AvgIpc) is 3.46. The van der Waals surface area contributed by atoms with Crippen molar-refractivity contribution in [3.05, 3.63) is 83.3 Å². The van der Waals surface area contributed by atoms with E-state index in [0.29, 0.717) is 18.8 Å². The summed E-state index contributed by atoms with van der Waals surface area (Å²) >= 11 is 0. The Morgan fingerprint density at radius 1 is 1.10 bits per heavy atom. The predicted octanol–water partition coefficient (Wildman–Crippen LogP) is 4.10. The number of amides is 1. The number of carbonyl (C=O) groups is 1. The fourth-order valence-corrected chi connectivity index (χ4v) is 4.16. The van der Waals surface area contributed by atoms with Crippen LogP contribution in [0.25, 0.3) is 22.9 Å². The molecule has 2 aromatic heterocycles. The van der Waals surface area contributed by atoms with Gasteiger partial charge >= 0.3 is 0 Å². The number of hydrogen-bond acceptors (Lipinski definition) is 4. The predicted molar refractivity (Wildman–Crippen MR) is 117 cm³/mol. The van der Waals surface area contributed by atoms with Gasteiger partial charge in [0.05, 0.1) is 17.5 Å². The third-order valence-corrected chi connectivity index (χ3v) is 5.87. The summed E-state index contributed by atoms with van der Waals surface area (Å²) in [4.78, 5) is 24.0. The van der Waals surface area contributed by atoms with E-state index in [1.807, 2.05) is 29.3 Å². The number of carbonyl (C=O) groups excluding carboxylic acids is 1. The van der Waals surface area contributed by atoms with Crippen LogP contribution >= 0.6 is 0 Å². The first-order valence-corrected chi connectivity index (χ1v) is 10.3. The van der Waals surface area contributed by atoms with Crippen molar-refractivity contribution in [1.82, 2.24) is 14.9 Å². The molecule has 30 heavy (non-hydrogen) atoms. The molecule has 0 bridgehead atoms. The molecule has 3 heterocycles. The normalized spacial score (nSPS) is 17.7. The zero-order valence-corrected chi connectivity index (χ0v) is 16.9. The Morgan fingerprint density at radius 3 is 2.77 bits per heavy atom. The lowest BCUT2D eigenvalue weighted by molar-refractivity contribution is 0.0719. The molecule has 0 N–H and O–H groups in total. The zero-order chi connectivity index (χ0) is 20.5. The van der Waals surface area contributed by atoms with Crippen LogP contribution in [-0.4, -0.2) is 47.1 Å². The number of benzene rings is 1. The molecule has 1 amide bonds. The molecule has 1 aliphatic carbocycles. The second kappa shape index (κ2) is 7.84. The first kappa shape index (κ1) is 18.7. The molecule has 0 radical (unpaired) electrons. The Kier molecular flexibility index (Phi) is 4.89. The monoisotopic (exact) mass is 397 g/mol.